The second kappa shape index (κ2) is 6.77. The molecule has 0 bridgehead atoms. The van der Waals surface area contributed by atoms with Gasteiger partial charge in [-0.2, -0.15) is 0 Å². The maximum Gasteiger partial charge on any atom is 0.0829 e. The van der Waals surface area contributed by atoms with E-state index in [1.165, 1.54) is 57.8 Å². The molecule has 0 radical (unpaired) electrons. The summed E-state index contributed by atoms with van der Waals surface area (Å²) in [5.74, 6) is 2.30. The third-order valence-corrected chi connectivity index (χ3v) is 14.0. The molecule has 0 aliphatic heterocycles. The van der Waals surface area contributed by atoms with E-state index in [9.17, 15) is 10.2 Å². The molecule has 2 nitrogen and oxygen atoms in total. The van der Waals surface area contributed by atoms with Crippen molar-refractivity contribution < 1.29 is 10.2 Å². The van der Waals surface area contributed by atoms with Crippen molar-refractivity contribution in [3.63, 3.8) is 0 Å². The van der Waals surface area contributed by atoms with E-state index in [0.717, 1.165) is 18.3 Å². The van der Waals surface area contributed by atoms with Crippen LogP contribution in [0.5, 0.6) is 0 Å². The van der Waals surface area contributed by atoms with E-state index in [1.807, 2.05) is 0 Å². The Kier molecular flexibility index (Phi) is 5.01. The molecule has 5 aliphatic carbocycles. The summed E-state index contributed by atoms with van der Waals surface area (Å²) in [5, 5.41) is 21.6. The van der Waals surface area contributed by atoms with Gasteiger partial charge >= 0.3 is 0 Å². The van der Waals surface area contributed by atoms with Crippen molar-refractivity contribution in [1.82, 2.24) is 0 Å². The predicted molar refractivity (Wildman–Crippen MR) is 132 cm³/mol. The minimum atomic E-state index is -0.555. The standard InChI is InChI=1S/C30H52O2/c1-19-24(32)20(31)17-22-27(19,5)10-9-21-28(22,6)14-16-30(8)23-18-25(2,3)11-12-26(23,4)13-15-29(21,30)7/h19-24,31-32H,9-18H2,1-8H3. The highest BCUT2D eigenvalue weighted by atomic mass is 16.3. The molecule has 2 heteroatoms. The van der Waals surface area contributed by atoms with Gasteiger partial charge in [0.15, 0.2) is 0 Å². The third-order valence-electron chi connectivity index (χ3n) is 14.0. The van der Waals surface area contributed by atoms with Crippen LogP contribution in [-0.4, -0.2) is 22.4 Å². The van der Waals surface area contributed by atoms with Crippen LogP contribution >= 0.6 is 0 Å². The number of rotatable bonds is 0. The normalized spacial score (nSPS) is 61.7. The lowest BCUT2D eigenvalue weighted by Gasteiger charge is -2.75. The first-order valence-corrected chi connectivity index (χ1v) is 14.0. The summed E-state index contributed by atoms with van der Waals surface area (Å²) in [7, 11) is 0. The van der Waals surface area contributed by atoms with Gasteiger partial charge in [-0.1, -0.05) is 55.4 Å². The van der Waals surface area contributed by atoms with Crippen molar-refractivity contribution in [1.29, 1.82) is 0 Å². The molecule has 0 heterocycles. The molecule has 5 aliphatic rings. The van der Waals surface area contributed by atoms with Gasteiger partial charge in [0.2, 0.25) is 0 Å². The van der Waals surface area contributed by atoms with Crippen molar-refractivity contribution in [3.8, 4) is 0 Å². The minimum Gasteiger partial charge on any atom is -0.390 e. The zero-order valence-electron chi connectivity index (χ0n) is 22.4. The molecule has 32 heavy (non-hydrogen) atoms. The van der Waals surface area contributed by atoms with E-state index >= 15 is 0 Å². The molecule has 0 aromatic rings. The van der Waals surface area contributed by atoms with Crippen molar-refractivity contribution in [2.24, 2.45) is 56.2 Å². The Labute approximate surface area is 198 Å². The molecule has 11 atom stereocenters. The smallest absolute Gasteiger partial charge is 0.0829 e. The summed E-state index contributed by atoms with van der Waals surface area (Å²) in [6.07, 6.45) is 11.9. The Morgan fingerprint density at radius 1 is 0.625 bits per heavy atom. The van der Waals surface area contributed by atoms with Crippen molar-refractivity contribution >= 4 is 0 Å². The Hall–Kier alpha value is -0.0800. The van der Waals surface area contributed by atoms with Gasteiger partial charge in [-0.05, 0) is 120 Å². The van der Waals surface area contributed by atoms with Crippen LogP contribution in [0.4, 0.5) is 0 Å². The average Bonchev–Trinajstić information content (AvgIpc) is 2.72. The fraction of sp³-hybridized carbons (Fsp3) is 1.00. The molecule has 0 aromatic carbocycles. The van der Waals surface area contributed by atoms with Gasteiger partial charge in [0.05, 0.1) is 12.2 Å². The fourth-order valence-electron chi connectivity index (χ4n) is 11.3. The molecular formula is C30H52O2. The minimum absolute atomic E-state index is 0.157. The highest BCUT2D eigenvalue weighted by Gasteiger charge is 2.71. The Morgan fingerprint density at radius 3 is 1.91 bits per heavy atom. The lowest BCUT2D eigenvalue weighted by molar-refractivity contribution is -0.270. The van der Waals surface area contributed by atoms with Crippen molar-refractivity contribution in [2.75, 3.05) is 0 Å². The molecule has 184 valence electrons. The van der Waals surface area contributed by atoms with Crippen LogP contribution < -0.4 is 0 Å². The van der Waals surface area contributed by atoms with E-state index in [-0.39, 0.29) is 16.7 Å². The first-order valence-electron chi connectivity index (χ1n) is 14.0. The van der Waals surface area contributed by atoms with E-state index in [0.29, 0.717) is 27.6 Å². The molecule has 2 N–H and O–H groups in total. The Balaban J connectivity index is 1.55. The summed E-state index contributed by atoms with van der Waals surface area (Å²) < 4.78 is 0. The number of fused-ring (bicyclic) bond motifs is 7. The maximum atomic E-state index is 10.8. The summed E-state index contributed by atoms with van der Waals surface area (Å²) in [5.41, 5.74) is 2.27. The highest BCUT2D eigenvalue weighted by Crippen LogP contribution is 2.78. The third kappa shape index (κ3) is 2.78. The lowest BCUT2D eigenvalue weighted by Crippen LogP contribution is -2.68. The van der Waals surface area contributed by atoms with Gasteiger partial charge in [-0.25, -0.2) is 0 Å². The SMILES string of the molecule is CC1C(O)C(O)CC2C1(C)CCC1C2(C)CCC2(C)C3CC(C)(C)CCC3(C)CCC12C. The zero-order valence-corrected chi connectivity index (χ0v) is 22.4. The monoisotopic (exact) mass is 444 g/mol. The molecule has 0 aromatic heterocycles. The lowest BCUT2D eigenvalue weighted by atomic mass is 9.30. The van der Waals surface area contributed by atoms with Crippen LogP contribution in [0.3, 0.4) is 0 Å². The van der Waals surface area contributed by atoms with Crippen LogP contribution in [0, 0.1) is 56.2 Å². The van der Waals surface area contributed by atoms with Gasteiger partial charge in [0, 0.05) is 0 Å². The molecule has 5 fully saturated rings. The van der Waals surface area contributed by atoms with Crippen LogP contribution in [0.25, 0.3) is 0 Å². The van der Waals surface area contributed by atoms with E-state index < -0.39 is 12.2 Å². The molecule has 0 amide bonds. The van der Waals surface area contributed by atoms with Gasteiger partial charge in [0.25, 0.3) is 0 Å². The summed E-state index contributed by atoms with van der Waals surface area (Å²) in [6, 6.07) is 0. The van der Waals surface area contributed by atoms with Crippen LogP contribution in [0.1, 0.15) is 120 Å². The van der Waals surface area contributed by atoms with Gasteiger partial charge in [-0.15, -0.1) is 0 Å². The molecule has 11 unspecified atom stereocenters. The first kappa shape index (κ1) is 23.7. The Morgan fingerprint density at radius 2 is 1.22 bits per heavy atom. The number of hydrogen-bond donors (Lipinski definition) is 2. The second-order valence-electron chi connectivity index (χ2n) is 15.6. The zero-order chi connectivity index (χ0) is 23.5. The van der Waals surface area contributed by atoms with E-state index in [2.05, 4.69) is 55.4 Å². The highest BCUT2D eigenvalue weighted by molar-refractivity contribution is 5.20. The maximum absolute atomic E-state index is 10.8. The molecule has 0 saturated heterocycles. The average molecular weight is 445 g/mol. The van der Waals surface area contributed by atoms with E-state index in [1.54, 1.807) is 0 Å². The van der Waals surface area contributed by atoms with Gasteiger partial charge in [-0.3, -0.25) is 0 Å². The molecule has 5 saturated carbocycles. The van der Waals surface area contributed by atoms with Crippen LogP contribution in [-0.2, 0) is 0 Å². The largest absolute Gasteiger partial charge is 0.390 e. The molecule has 0 spiro atoms. The summed E-state index contributed by atoms with van der Waals surface area (Å²) >= 11 is 0. The number of aliphatic hydroxyl groups excluding tert-OH is 2. The second-order valence-corrected chi connectivity index (χ2v) is 15.6. The van der Waals surface area contributed by atoms with E-state index in [4.69, 9.17) is 0 Å². The molecule has 5 rings (SSSR count). The van der Waals surface area contributed by atoms with Crippen LogP contribution in [0.2, 0.25) is 0 Å². The summed E-state index contributed by atoms with van der Waals surface area (Å²) in [4.78, 5) is 0. The topological polar surface area (TPSA) is 40.5 Å². The number of hydrogen-bond acceptors (Lipinski definition) is 2. The number of aliphatic hydroxyl groups is 2. The van der Waals surface area contributed by atoms with Gasteiger partial charge < -0.3 is 10.2 Å². The quantitative estimate of drug-likeness (QED) is 0.414. The van der Waals surface area contributed by atoms with Crippen molar-refractivity contribution in [3.05, 3.63) is 0 Å². The predicted octanol–water partition coefficient (Wildman–Crippen LogP) is 7.22. The first-order chi connectivity index (χ1) is 14.6. The fourth-order valence-corrected chi connectivity index (χ4v) is 11.3. The van der Waals surface area contributed by atoms with Gasteiger partial charge in [0.1, 0.15) is 0 Å². The summed E-state index contributed by atoms with van der Waals surface area (Å²) in [6.45, 7) is 20.4. The van der Waals surface area contributed by atoms with Crippen molar-refractivity contribution in [2.45, 2.75) is 132 Å². The van der Waals surface area contributed by atoms with Crippen LogP contribution in [0.15, 0.2) is 0 Å². The molecular weight excluding hydrogens is 392 g/mol. The Bertz CT molecular complexity index is 775.